The third kappa shape index (κ3) is 5.53. The molecule has 27 heavy (non-hydrogen) atoms. The maximum atomic E-state index is 12.4. The minimum Gasteiger partial charge on any atom is -0.494 e. The number of non-ortho nitro benzene ring substituents is 1. The molecule has 0 aliphatic carbocycles. The molecule has 0 saturated heterocycles. The van der Waals surface area contributed by atoms with E-state index in [2.05, 4.69) is 10.6 Å². The Labute approximate surface area is 156 Å². The Hall–Kier alpha value is -3.42. The number of carbonyl (C=O) groups is 2. The molecule has 2 aromatic rings. The van der Waals surface area contributed by atoms with Gasteiger partial charge in [0, 0.05) is 23.7 Å². The second-order valence-corrected chi connectivity index (χ2v) is 5.82. The van der Waals surface area contributed by atoms with Crippen molar-refractivity contribution in [2.45, 2.75) is 26.2 Å². The van der Waals surface area contributed by atoms with E-state index in [1.165, 1.54) is 25.3 Å². The van der Waals surface area contributed by atoms with E-state index in [9.17, 15) is 19.7 Å². The van der Waals surface area contributed by atoms with Gasteiger partial charge in [-0.3, -0.25) is 19.7 Å². The average molecular weight is 371 g/mol. The van der Waals surface area contributed by atoms with Gasteiger partial charge in [-0.2, -0.15) is 0 Å². The molecule has 2 amide bonds. The van der Waals surface area contributed by atoms with Gasteiger partial charge in [0.1, 0.15) is 5.75 Å². The summed E-state index contributed by atoms with van der Waals surface area (Å²) in [5.74, 6) is -0.270. The average Bonchev–Trinajstić information content (AvgIpc) is 2.67. The van der Waals surface area contributed by atoms with Gasteiger partial charge < -0.3 is 15.4 Å². The Bertz CT molecular complexity index is 834. The van der Waals surface area contributed by atoms with Gasteiger partial charge in [0.2, 0.25) is 5.91 Å². The molecule has 0 aliphatic heterocycles. The monoisotopic (exact) mass is 371 g/mol. The number of ether oxygens (including phenoxy) is 1. The second-order valence-electron chi connectivity index (χ2n) is 5.82. The van der Waals surface area contributed by atoms with Crippen molar-refractivity contribution in [3.8, 4) is 5.75 Å². The Kier molecular flexibility index (Phi) is 6.87. The molecule has 0 unspecified atom stereocenters. The first-order chi connectivity index (χ1) is 12.9. The van der Waals surface area contributed by atoms with Crippen LogP contribution >= 0.6 is 0 Å². The number of hydrogen-bond donors (Lipinski definition) is 2. The molecule has 2 N–H and O–H groups in total. The SMILES string of the molecule is CCCCC(=O)Nc1ccc(C(=O)Nc2ccc([N+](=O)[O-])cc2OC)cc1. The van der Waals surface area contributed by atoms with Crippen LogP contribution in [0.3, 0.4) is 0 Å². The normalized spacial score (nSPS) is 10.1. The van der Waals surface area contributed by atoms with Crippen LogP contribution in [0.5, 0.6) is 5.75 Å². The molecule has 2 aromatic carbocycles. The first-order valence-electron chi connectivity index (χ1n) is 8.48. The third-order valence-corrected chi connectivity index (χ3v) is 3.83. The maximum absolute atomic E-state index is 12.4. The fourth-order valence-electron chi connectivity index (χ4n) is 2.36. The molecular weight excluding hydrogens is 350 g/mol. The second kappa shape index (κ2) is 9.33. The van der Waals surface area contributed by atoms with Gasteiger partial charge in [0.05, 0.1) is 23.8 Å². The highest BCUT2D eigenvalue weighted by molar-refractivity contribution is 6.05. The smallest absolute Gasteiger partial charge is 0.273 e. The molecular formula is C19H21N3O5. The summed E-state index contributed by atoms with van der Waals surface area (Å²) in [6.45, 7) is 2.01. The number of nitrogens with zero attached hydrogens (tertiary/aromatic N) is 1. The quantitative estimate of drug-likeness (QED) is 0.538. The number of nitro benzene ring substituents is 1. The van der Waals surface area contributed by atoms with Gasteiger partial charge in [0.15, 0.2) is 0 Å². The van der Waals surface area contributed by atoms with Crippen molar-refractivity contribution in [2.75, 3.05) is 17.7 Å². The summed E-state index contributed by atoms with van der Waals surface area (Å²) in [5, 5.41) is 16.3. The number of amides is 2. The zero-order valence-corrected chi connectivity index (χ0v) is 15.2. The summed E-state index contributed by atoms with van der Waals surface area (Å²) < 4.78 is 5.10. The van der Waals surface area contributed by atoms with E-state index in [1.807, 2.05) is 6.92 Å². The highest BCUT2D eigenvalue weighted by atomic mass is 16.6. The fourth-order valence-corrected chi connectivity index (χ4v) is 2.36. The molecule has 2 rings (SSSR count). The minimum atomic E-state index is -0.540. The molecule has 142 valence electrons. The molecule has 0 aromatic heterocycles. The van der Waals surface area contributed by atoms with Crippen LogP contribution in [0, 0.1) is 10.1 Å². The molecule has 0 saturated carbocycles. The lowest BCUT2D eigenvalue weighted by Crippen LogP contribution is -2.14. The van der Waals surface area contributed by atoms with Crippen LogP contribution < -0.4 is 15.4 Å². The molecule has 8 heteroatoms. The van der Waals surface area contributed by atoms with E-state index in [0.717, 1.165) is 12.8 Å². The molecule has 0 spiro atoms. The lowest BCUT2D eigenvalue weighted by atomic mass is 10.1. The number of anilines is 2. The van der Waals surface area contributed by atoms with Gasteiger partial charge in [-0.25, -0.2) is 0 Å². The number of nitro groups is 1. The van der Waals surface area contributed by atoms with Gasteiger partial charge in [-0.05, 0) is 36.8 Å². The van der Waals surface area contributed by atoms with Crippen molar-refractivity contribution < 1.29 is 19.2 Å². The van der Waals surface area contributed by atoms with Crippen molar-refractivity contribution in [3.63, 3.8) is 0 Å². The summed E-state index contributed by atoms with van der Waals surface area (Å²) in [4.78, 5) is 34.4. The van der Waals surface area contributed by atoms with Crippen LogP contribution in [-0.2, 0) is 4.79 Å². The molecule has 8 nitrogen and oxygen atoms in total. The highest BCUT2D eigenvalue weighted by Crippen LogP contribution is 2.29. The lowest BCUT2D eigenvalue weighted by molar-refractivity contribution is -0.384. The van der Waals surface area contributed by atoms with Gasteiger partial charge in [-0.1, -0.05) is 13.3 Å². The first-order valence-corrected chi connectivity index (χ1v) is 8.48. The van der Waals surface area contributed by atoms with Gasteiger partial charge in [0.25, 0.3) is 11.6 Å². The maximum Gasteiger partial charge on any atom is 0.273 e. The summed E-state index contributed by atoms with van der Waals surface area (Å²) in [5.41, 5.74) is 1.18. The van der Waals surface area contributed by atoms with E-state index >= 15 is 0 Å². The fraction of sp³-hybridized carbons (Fsp3) is 0.263. The van der Waals surface area contributed by atoms with E-state index in [0.29, 0.717) is 23.4 Å². The topological polar surface area (TPSA) is 111 Å². The number of unbranched alkanes of at least 4 members (excludes halogenated alkanes) is 1. The molecule has 0 bridgehead atoms. The Morgan fingerprint density at radius 1 is 1.11 bits per heavy atom. The number of carbonyl (C=O) groups excluding carboxylic acids is 2. The zero-order valence-electron chi connectivity index (χ0n) is 15.2. The molecule has 0 atom stereocenters. The predicted octanol–water partition coefficient (Wildman–Crippen LogP) is 3.98. The molecule has 0 aliphatic rings. The van der Waals surface area contributed by atoms with Crippen LogP contribution in [0.2, 0.25) is 0 Å². The summed E-state index contributed by atoms with van der Waals surface area (Å²) in [6.07, 6.45) is 2.22. The number of benzene rings is 2. The summed E-state index contributed by atoms with van der Waals surface area (Å²) >= 11 is 0. The Morgan fingerprint density at radius 2 is 1.81 bits per heavy atom. The largest absolute Gasteiger partial charge is 0.494 e. The van der Waals surface area contributed by atoms with Crippen molar-refractivity contribution in [2.24, 2.45) is 0 Å². The van der Waals surface area contributed by atoms with E-state index < -0.39 is 10.8 Å². The van der Waals surface area contributed by atoms with Crippen LogP contribution in [0.1, 0.15) is 36.5 Å². The van der Waals surface area contributed by atoms with Crippen LogP contribution in [0.4, 0.5) is 17.1 Å². The van der Waals surface area contributed by atoms with Crippen molar-refractivity contribution in [3.05, 3.63) is 58.1 Å². The molecule has 0 heterocycles. The minimum absolute atomic E-state index is 0.0651. The van der Waals surface area contributed by atoms with Crippen molar-refractivity contribution >= 4 is 28.9 Å². The first kappa shape index (κ1) is 19.9. The summed E-state index contributed by atoms with van der Waals surface area (Å²) in [7, 11) is 1.37. The van der Waals surface area contributed by atoms with E-state index in [-0.39, 0.29) is 17.3 Å². The highest BCUT2D eigenvalue weighted by Gasteiger charge is 2.14. The number of nitrogens with one attached hydrogen (secondary N) is 2. The van der Waals surface area contributed by atoms with E-state index in [4.69, 9.17) is 4.74 Å². The van der Waals surface area contributed by atoms with Crippen LogP contribution in [0.25, 0.3) is 0 Å². The zero-order chi connectivity index (χ0) is 19.8. The third-order valence-electron chi connectivity index (χ3n) is 3.83. The lowest BCUT2D eigenvalue weighted by Gasteiger charge is -2.10. The number of methoxy groups -OCH3 is 1. The standard InChI is InChI=1S/C19H21N3O5/c1-3-4-5-18(23)20-14-8-6-13(7-9-14)19(24)21-16-11-10-15(22(25)26)12-17(16)27-2/h6-12H,3-5H2,1-2H3,(H,20,23)(H,21,24). The molecule has 0 radical (unpaired) electrons. The Morgan fingerprint density at radius 3 is 2.41 bits per heavy atom. The number of rotatable bonds is 8. The van der Waals surface area contributed by atoms with Gasteiger partial charge in [-0.15, -0.1) is 0 Å². The van der Waals surface area contributed by atoms with Crippen molar-refractivity contribution in [1.82, 2.24) is 0 Å². The van der Waals surface area contributed by atoms with Crippen LogP contribution in [0.15, 0.2) is 42.5 Å². The van der Waals surface area contributed by atoms with E-state index in [1.54, 1.807) is 24.3 Å². The summed E-state index contributed by atoms with van der Waals surface area (Å²) in [6, 6.07) is 10.4. The van der Waals surface area contributed by atoms with Gasteiger partial charge >= 0.3 is 0 Å². The van der Waals surface area contributed by atoms with Crippen LogP contribution in [-0.4, -0.2) is 23.8 Å². The predicted molar refractivity (Wildman–Crippen MR) is 102 cm³/mol. The number of hydrogen-bond acceptors (Lipinski definition) is 5. The molecule has 0 fully saturated rings. The Balaban J connectivity index is 2.06. The van der Waals surface area contributed by atoms with Crippen molar-refractivity contribution in [1.29, 1.82) is 0 Å².